The molecule has 0 aromatic carbocycles. The van der Waals surface area contributed by atoms with E-state index in [4.69, 9.17) is 4.74 Å². The van der Waals surface area contributed by atoms with E-state index in [1.165, 1.54) is 4.88 Å². The Morgan fingerprint density at radius 1 is 1.33 bits per heavy atom. The summed E-state index contributed by atoms with van der Waals surface area (Å²) in [5, 5.41) is 1.11. The van der Waals surface area contributed by atoms with Gasteiger partial charge in [0.15, 0.2) is 0 Å². The van der Waals surface area contributed by atoms with Gasteiger partial charge in [-0.1, -0.05) is 0 Å². The lowest BCUT2D eigenvalue weighted by Crippen LogP contribution is -2.50. The number of fused-ring (bicyclic) bond motifs is 1. The van der Waals surface area contributed by atoms with Crippen LogP contribution in [0.4, 0.5) is 5.82 Å². The van der Waals surface area contributed by atoms with Crippen molar-refractivity contribution in [3.8, 4) is 0 Å². The Hall–Kier alpha value is -1.73. The summed E-state index contributed by atoms with van der Waals surface area (Å²) in [6, 6.07) is 2.14. The van der Waals surface area contributed by atoms with Crippen LogP contribution in [-0.4, -0.2) is 60.7 Å². The monoisotopic (exact) mass is 306 g/mol. The molecular weight excluding hydrogens is 288 g/mol. The molecule has 2 aromatic heterocycles. The summed E-state index contributed by atoms with van der Waals surface area (Å²) in [6.45, 7) is 5.22. The van der Waals surface area contributed by atoms with Gasteiger partial charge in [0.2, 0.25) is 5.91 Å². The van der Waals surface area contributed by atoms with Gasteiger partial charge in [-0.2, -0.15) is 0 Å². The maximum Gasteiger partial charge on any atom is 0.248 e. The molecular formula is C14H18N4O2S. The number of hydrogen-bond donors (Lipinski definition) is 0. The van der Waals surface area contributed by atoms with Gasteiger partial charge in [0.05, 0.1) is 5.39 Å². The Balaban J connectivity index is 1.75. The molecule has 0 spiro atoms. The van der Waals surface area contributed by atoms with Crippen molar-refractivity contribution in [2.24, 2.45) is 0 Å². The van der Waals surface area contributed by atoms with E-state index in [1.807, 2.05) is 4.90 Å². The van der Waals surface area contributed by atoms with Gasteiger partial charge in [-0.25, -0.2) is 9.97 Å². The molecule has 3 heterocycles. The average Bonchev–Trinajstić information content (AvgIpc) is 2.87. The first kappa shape index (κ1) is 14.2. The number of methoxy groups -OCH3 is 1. The van der Waals surface area contributed by atoms with Gasteiger partial charge in [-0.05, 0) is 13.0 Å². The van der Waals surface area contributed by atoms with Gasteiger partial charge in [0.1, 0.15) is 23.6 Å². The fourth-order valence-electron chi connectivity index (χ4n) is 2.60. The molecule has 21 heavy (non-hydrogen) atoms. The molecule has 0 N–H and O–H groups in total. The van der Waals surface area contributed by atoms with Gasteiger partial charge in [0, 0.05) is 38.2 Å². The zero-order valence-corrected chi connectivity index (χ0v) is 13.0. The summed E-state index contributed by atoms with van der Waals surface area (Å²) in [5.74, 6) is 1.03. The molecule has 1 aliphatic heterocycles. The minimum Gasteiger partial charge on any atom is -0.375 e. The maximum absolute atomic E-state index is 11.8. The van der Waals surface area contributed by atoms with Crippen molar-refractivity contribution >= 4 is 33.3 Å². The van der Waals surface area contributed by atoms with Crippen LogP contribution in [0.25, 0.3) is 10.2 Å². The zero-order valence-electron chi connectivity index (χ0n) is 12.2. The van der Waals surface area contributed by atoms with Crippen LogP contribution in [0.5, 0.6) is 0 Å². The summed E-state index contributed by atoms with van der Waals surface area (Å²) in [7, 11) is 1.55. The van der Waals surface area contributed by atoms with Crippen LogP contribution < -0.4 is 4.90 Å². The van der Waals surface area contributed by atoms with Crippen LogP contribution in [0.1, 0.15) is 4.88 Å². The first-order valence-electron chi connectivity index (χ1n) is 6.92. The standard InChI is InChI=1S/C14H18N4O2S/c1-10-7-11-13(15-9-16-14(11)21-10)18-5-3-17(4-6-18)12(19)8-20-2/h7,9H,3-6,8H2,1-2H3. The minimum atomic E-state index is 0.0522. The second-order valence-corrected chi connectivity index (χ2v) is 6.31. The molecule has 0 aliphatic carbocycles. The van der Waals surface area contributed by atoms with E-state index in [0.29, 0.717) is 13.1 Å². The molecule has 0 unspecified atom stereocenters. The van der Waals surface area contributed by atoms with Crippen LogP contribution in [0, 0.1) is 6.92 Å². The van der Waals surface area contributed by atoms with Crippen molar-refractivity contribution in [3.05, 3.63) is 17.3 Å². The topological polar surface area (TPSA) is 58.6 Å². The van der Waals surface area contributed by atoms with E-state index in [2.05, 4.69) is 27.9 Å². The third kappa shape index (κ3) is 2.84. The number of carbonyl (C=O) groups is 1. The smallest absolute Gasteiger partial charge is 0.248 e. The zero-order chi connectivity index (χ0) is 14.8. The van der Waals surface area contributed by atoms with Gasteiger partial charge in [-0.15, -0.1) is 11.3 Å². The van der Waals surface area contributed by atoms with Crippen LogP contribution >= 0.6 is 11.3 Å². The molecule has 1 aliphatic rings. The van der Waals surface area contributed by atoms with E-state index in [0.717, 1.165) is 29.1 Å². The molecule has 0 radical (unpaired) electrons. The van der Waals surface area contributed by atoms with E-state index < -0.39 is 0 Å². The molecule has 1 saturated heterocycles. The number of hydrogen-bond acceptors (Lipinski definition) is 6. The van der Waals surface area contributed by atoms with Gasteiger partial charge >= 0.3 is 0 Å². The number of piperazine rings is 1. The number of nitrogens with zero attached hydrogens (tertiary/aromatic N) is 4. The second kappa shape index (κ2) is 5.95. The number of rotatable bonds is 3. The summed E-state index contributed by atoms with van der Waals surface area (Å²) in [4.78, 5) is 26.9. The highest BCUT2D eigenvalue weighted by atomic mass is 32.1. The first-order valence-corrected chi connectivity index (χ1v) is 7.73. The van der Waals surface area contributed by atoms with Crippen molar-refractivity contribution in [2.45, 2.75) is 6.92 Å². The fourth-order valence-corrected chi connectivity index (χ4v) is 3.44. The predicted octanol–water partition coefficient (Wildman–Crippen LogP) is 1.29. The SMILES string of the molecule is COCC(=O)N1CCN(c2ncnc3sc(C)cc23)CC1. The van der Waals surface area contributed by atoms with E-state index in [1.54, 1.807) is 24.8 Å². The number of ether oxygens (including phenoxy) is 1. The molecule has 2 aromatic rings. The number of thiophene rings is 1. The summed E-state index contributed by atoms with van der Waals surface area (Å²) < 4.78 is 4.90. The Bertz CT molecular complexity index is 649. The largest absolute Gasteiger partial charge is 0.375 e. The Morgan fingerprint density at radius 2 is 2.10 bits per heavy atom. The van der Waals surface area contributed by atoms with Crippen LogP contribution in [0.3, 0.4) is 0 Å². The molecule has 0 saturated carbocycles. The minimum absolute atomic E-state index is 0.0522. The lowest BCUT2D eigenvalue weighted by atomic mass is 10.2. The van der Waals surface area contributed by atoms with Crippen LogP contribution in [0.15, 0.2) is 12.4 Å². The number of aromatic nitrogens is 2. The quantitative estimate of drug-likeness (QED) is 0.855. The second-order valence-electron chi connectivity index (χ2n) is 5.07. The summed E-state index contributed by atoms with van der Waals surface area (Å²) >= 11 is 1.68. The molecule has 3 rings (SSSR count). The van der Waals surface area contributed by atoms with Crippen molar-refractivity contribution in [1.29, 1.82) is 0 Å². The van der Waals surface area contributed by atoms with E-state index in [9.17, 15) is 4.79 Å². The molecule has 1 amide bonds. The lowest BCUT2D eigenvalue weighted by molar-refractivity contribution is -0.135. The Labute approximate surface area is 127 Å². The molecule has 7 heteroatoms. The van der Waals surface area contributed by atoms with Crippen molar-refractivity contribution in [2.75, 3.05) is 44.8 Å². The van der Waals surface area contributed by atoms with Crippen molar-refractivity contribution < 1.29 is 9.53 Å². The highest BCUT2D eigenvalue weighted by Gasteiger charge is 2.23. The molecule has 0 bridgehead atoms. The number of anilines is 1. The molecule has 0 atom stereocenters. The van der Waals surface area contributed by atoms with Gasteiger partial charge < -0.3 is 14.5 Å². The van der Waals surface area contributed by atoms with Crippen LogP contribution in [0.2, 0.25) is 0 Å². The van der Waals surface area contributed by atoms with Crippen molar-refractivity contribution in [1.82, 2.24) is 14.9 Å². The fraction of sp³-hybridized carbons (Fsp3) is 0.500. The number of amides is 1. The predicted molar refractivity (Wildman–Crippen MR) is 82.8 cm³/mol. The number of aryl methyl sites for hydroxylation is 1. The summed E-state index contributed by atoms with van der Waals surface area (Å²) in [6.07, 6.45) is 1.62. The molecule has 6 nitrogen and oxygen atoms in total. The van der Waals surface area contributed by atoms with Gasteiger partial charge in [-0.3, -0.25) is 4.79 Å². The molecule has 112 valence electrons. The summed E-state index contributed by atoms with van der Waals surface area (Å²) in [5.41, 5.74) is 0. The van der Waals surface area contributed by atoms with Crippen LogP contribution in [-0.2, 0) is 9.53 Å². The highest BCUT2D eigenvalue weighted by Crippen LogP contribution is 2.30. The van der Waals surface area contributed by atoms with E-state index >= 15 is 0 Å². The van der Waals surface area contributed by atoms with Gasteiger partial charge in [0.25, 0.3) is 0 Å². The van der Waals surface area contributed by atoms with Crippen molar-refractivity contribution in [3.63, 3.8) is 0 Å². The molecule has 1 fully saturated rings. The Kier molecular flexibility index (Phi) is 4.03. The third-order valence-electron chi connectivity index (χ3n) is 3.63. The number of carbonyl (C=O) groups excluding carboxylic acids is 1. The normalized spacial score (nSPS) is 15.7. The Morgan fingerprint density at radius 3 is 2.81 bits per heavy atom. The highest BCUT2D eigenvalue weighted by molar-refractivity contribution is 7.18. The van der Waals surface area contributed by atoms with E-state index in [-0.39, 0.29) is 12.5 Å². The first-order chi connectivity index (χ1) is 10.2. The average molecular weight is 306 g/mol. The maximum atomic E-state index is 11.8. The lowest BCUT2D eigenvalue weighted by Gasteiger charge is -2.35. The third-order valence-corrected chi connectivity index (χ3v) is 4.59.